The van der Waals surface area contributed by atoms with Crippen molar-refractivity contribution >= 4 is 50.2 Å². The van der Waals surface area contributed by atoms with Gasteiger partial charge in [0, 0.05) is 30.6 Å². The standard InChI is InChI=1S/C26H33ClN4O7S/c1-17(26(34)30-10-3-4-21(15-30)28-24(32)14-25(33)38-2)31(35)11-9-22(16-31)29-39(36,37)23-8-6-18-12-20(27)7-5-19(18)13-23/h5-8,12-13,17,21-22,29H,3-4,9-11,14-16H2,1-2H3,(H,28,32). The Morgan fingerprint density at radius 2 is 1.87 bits per heavy atom. The predicted octanol–water partition coefficient (Wildman–Crippen LogP) is 1.92. The van der Waals surface area contributed by atoms with Gasteiger partial charge in [-0.25, -0.2) is 13.1 Å². The lowest BCUT2D eigenvalue weighted by Crippen LogP contribution is -2.59. The Morgan fingerprint density at radius 3 is 2.62 bits per heavy atom. The lowest BCUT2D eigenvalue weighted by Gasteiger charge is -2.45. The van der Waals surface area contributed by atoms with Crippen LogP contribution in [0.25, 0.3) is 10.8 Å². The Bertz CT molecular complexity index is 1370. The summed E-state index contributed by atoms with van der Waals surface area (Å²) in [6.07, 6.45) is 1.19. The zero-order valence-electron chi connectivity index (χ0n) is 21.9. The van der Waals surface area contributed by atoms with Gasteiger partial charge in [0.15, 0.2) is 6.04 Å². The minimum atomic E-state index is -3.89. The maximum Gasteiger partial charge on any atom is 0.315 e. The first-order valence-corrected chi connectivity index (χ1v) is 14.7. The van der Waals surface area contributed by atoms with Crippen LogP contribution in [0.15, 0.2) is 41.3 Å². The summed E-state index contributed by atoms with van der Waals surface area (Å²) >= 11 is 6.01. The molecule has 0 radical (unpaired) electrons. The molecule has 2 saturated heterocycles. The normalized spacial score (nSPS) is 24.4. The van der Waals surface area contributed by atoms with Crippen molar-refractivity contribution in [3.63, 3.8) is 0 Å². The quantitative estimate of drug-likeness (QED) is 0.210. The number of hydroxylamine groups is 3. The molecule has 2 aromatic rings. The molecule has 0 aliphatic carbocycles. The van der Waals surface area contributed by atoms with Crippen LogP contribution in [0.2, 0.25) is 5.02 Å². The monoisotopic (exact) mass is 580 g/mol. The SMILES string of the molecule is COC(=O)CC(=O)NC1CCCN(C(=O)C(C)[N+]2([O-])CCC(NS(=O)(=O)c3ccc4cc(Cl)ccc4c3)C2)C1. The number of methoxy groups -OCH3 is 1. The van der Waals surface area contributed by atoms with Crippen LogP contribution < -0.4 is 10.0 Å². The topological polar surface area (TPSA) is 145 Å². The second-order valence-corrected chi connectivity index (χ2v) is 12.4. The molecule has 4 atom stereocenters. The van der Waals surface area contributed by atoms with Gasteiger partial charge in [0.2, 0.25) is 15.9 Å². The number of hydrogen-bond donors (Lipinski definition) is 2. The number of halogens is 1. The van der Waals surface area contributed by atoms with Gasteiger partial charge in [0.25, 0.3) is 5.91 Å². The number of fused-ring (bicyclic) bond motifs is 1. The van der Waals surface area contributed by atoms with Crippen LogP contribution in [-0.2, 0) is 29.1 Å². The van der Waals surface area contributed by atoms with Gasteiger partial charge in [-0.1, -0.05) is 23.7 Å². The third-order valence-electron chi connectivity index (χ3n) is 7.49. The number of benzene rings is 2. The summed E-state index contributed by atoms with van der Waals surface area (Å²) in [6, 6.07) is 8.04. The largest absolute Gasteiger partial charge is 0.632 e. The molecular formula is C26H33ClN4O7S. The lowest BCUT2D eigenvalue weighted by molar-refractivity contribution is -0.883. The Hall–Kier alpha value is -2.77. The van der Waals surface area contributed by atoms with E-state index in [4.69, 9.17) is 11.6 Å². The van der Waals surface area contributed by atoms with Crippen LogP contribution in [0.5, 0.6) is 0 Å². The van der Waals surface area contributed by atoms with Gasteiger partial charge in [-0.05, 0) is 54.8 Å². The number of ether oxygens (including phenoxy) is 1. The zero-order valence-corrected chi connectivity index (χ0v) is 23.5. The van der Waals surface area contributed by atoms with Crippen LogP contribution in [-0.4, -0.2) is 87.2 Å². The number of amides is 2. The van der Waals surface area contributed by atoms with E-state index in [0.29, 0.717) is 30.8 Å². The third-order valence-corrected chi connectivity index (χ3v) is 9.24. The van der Waals surface area contributed by atoms with Gasteiger partial charge in [-0.15, -0.1) is 0 Å². The molecule has 39 heavy (non-hydrogen) atoms. The van der Waals surface area contributed by atoms with Gasteiger partial charge >= 0.3 is 5.97 Å². The fourth-order valence-electron chi connectivity index (χ4n) is 5.27. The molecule has 2 aromatic carbocycles. The lowest BCUT2D eigenvalue weighted by atomic mass is 10.0. The van der Waals surface area contributed by atoms with Crippen molar-refractivity contribution in [2.45, 2.75) is 55.6 Å². The van der Waals surface area contributed by atoms with E-state index in [9.17, 15) is 28.0 Å². The minimum absolute atomic E-state index is 0.0670. The molecule has 13 heteroatoms. The molecule has 0 spiro atoms. The highest BCUT2D eigenvalue weighted by atomic mass is 35.5. The first kappa shape index (κ1) is 29.2. The maximum absolute atomic E-state index is 13.7. The van der Waals surface area contributed by atoms with Crippen LogP contribution in [0.1, 0.15) is 32.6 Å². The molecule has 2 amide bonds. The van der Waals surface area contributed by atoms with Crippen molar-refractivity contribution in [3.05, 3.63) is 46.6 Å². The smallest absolute Gasteiger partial charge is 0.315 e. The van der Waals surface area contributed by atoms with Crippen molar-refractivity contribution in [2.75, 3.05) is 33.3 Å². The van der Waals surface area contributed by atoms with Crippen molar-refractivity contribution in [1.29, 1.82) is 0 Å². The van der Waals surface area contributed by atoms with E-state index in [1.807, 2.05) is 0 Å². The second-order valence-electron chi connectivity index (χ2n) is 10.2. The number of nitrogens with zero attached hydrogens (tertiary/aromatic N) is 2. The van der Waals surface area contributed by atoms with Crippen molar-refractivity contribution in [2.24, 2.45) is 0 Å². The number of piperidine rings is 1. The highest BCUT2D eigenvalue weighted by Crippen LogP contribution is 2.27. The molecule has 2 aliphatic rings. The van der Waals surface area contributed by atoms with E-state index in [1.165, 1.54) is 13.2 Å². The van der Waals surface area contributed by atoms with Gasteiger partial charge in [0.05, 0.1) is 31.1 Å². The van der Waals surface area contributed by atoms with Gasteiger partial charge in [0.1, 0.15) is 6.42 Å². The van der Waals surface area contributed by atoms with Crippen molar-refractivity contribution in [3.8, 4) is 0 Å². The highest BCUT2D eigenvalue weighted by Gasteiger charge is 2.42. The summed E-state index contributed by atoms with van der Waals surface area (Å²) in [5, 5.41) is 18.5. The number of nitrogens with one attached hydrogen (secondary N) is 2. The molecule has 212 valence electrons. The summed E-state index contributed by atoms with van der Waals surface area (Å²) in [5.74, 6) is -1.47. The molecule has 2 fully saturated rings. The fraction of sp³-hybridized carbons (Fsp3) is 0.500. The molecule has 2 N–H and O–H groups in total. The third kappa shape index (κ3) is 6.87. The number of esters is 1. The van der Waals surface area contributed by atoms with E-state index in [1.54, 1.807) is 42.2 Å². The van der Waals surface area contributed by atoms with Crippen LogP contribution in [0.3, 0.4) is 0 Å². The molecular weight excluding hydrogens is 548 g/mol. The van der Waals surface area contributed by atoms with E-state index in [0.717, 1.165) is 10.8 Å². The van der Waals surface area contributed by atoms with Crippen molar-refractivity contribution < 1.29 is 32.2 Å². The molecule has 11 nitrogen and oxygen atoms in total. The zero-order chi connectivity index (χ0) is 28.4. The minimum Gasteiger partial charge on any atom is -0.632 e. The summed E-state index contributed by atoms with van der Waals surface area (Å²) in [4.78, 5) is 38.3. The molecule has 4 unspecified atom stereocenters. The first-order chi connectivity index (χ1) is 18.4. The Labute approximate surface area is 232 Å². The number of carbonyl (C=O) groups excluding carboxylic acids is 3. The number of carbonyl (C=O) groups is 3. The summed E-state index contributed by atoms with van der Waals surface area (Å²) < 4.78 is 32.5. The average molecular weight is 581 g/mol. The van der Waals surface area contributed by atoms with Gasteiger partial charge < -0.3 is 24.8 Å². The molecule has 2 heterocycles. The second kappa shape index (κ2) is 11.8. The van der Waals surface area contributed by atoms with Crippen LogP contribution in [0.4, 0.5) is 0 Å². The summed E-state index contributed by atoms with van der Waals surface area (Å²) in [6.45, 7) is 2.29. The van der Waals surface area contributed by atoms with E-state index in [-0.39, 0.29) is 36.5 Å². The number of hydrogen-bond acceptors (Lipinski definition) is 7. The van der Waals surface area contributed by atoms with Crippen LogP contribution in [0, 0.1) is 5.21 Å². The number of quaternary nitrogens is 1. The van der Waals surface area contributed by atoms with E-state index >= 15 is 0 Å². The first-order valence-electron chi connectivity index (χ1n) is 12.8. The highest BCUT2D eigenvalue weighted by molar-refractivity contribution is 7.89. The average Bonchev–Trinajstić information content (AvgIpc) is 3.27. The van der Waals surface area contributed by atoms with Gasteiger partial charge in [-0.3, -0.25) is 14.4 Å². The maximum atomic E-state index is 13.7. The Morgan fingerprint density at radius 1 is 1.15 bits per heavy atom. The number of rotatable bonds is 8. The molecule has 0 saturated carbocycles. The van der Waals surface area contributed by atoms with E-state index < -0.39 is 45.1 Å². The fourth-order valence-corrected chi connectivity index (χ4v) is 6.75. The number of likely N-dealkylation sites (tertiary alicyclic amines) is 2. The molecule has 0 aromatic heterocycles. The number of sulfonamides is 1. The molecule has 0 bridgehead atoms. The summed E-state index contributed by atoms with van der Waals surface area (Å²) in [7, 11) is -2.69. The van der Waals surface area contributed by atoms with Gasteiger partial charge in [-0.2, -0.15) is 0 Å². The van der Waals surface area contributed by atoms with E-state index in [2.05, 4.69) is 14.8 Å². The predicted molar refractivity (Wildman–Crippen MR) is 145 cm³/mol. The van der Waals surface area contributed by atoms with Crippen LogP contribution >= 0.6 is 11.6 Å². The van der Waals surface area contributed by atoms with Crippen molar-refractivity contribution in [1.82, 2.24) is 14.9 Å². The Kier molecular flexibility index (Phi) is 8.82. The molecule has 4 rings (SSSR count). The molecule has 2 aliphatic heterocycles. The summed E-state index contributed by atoms with van der Waals surface area (Å²) in [5.41, 5.74) is 0. The Balaban J connectivity index is 1.36.